The van der Waals surface area contributed by atoms with Gasteiger partial charge in [-0.1, -0.05) is 13.8 Å². The molecule has 2 N–H and O–H groups in total. The Morgan fingerprint density at radius 3 is 2.50 bits per heavy atom. The number of aromatic carboxylic acids is 1. The number of nitrogens with zero attached hydrogens (tertiary/aromatic N) is 2. The van der Waals surface area contributed by atoms with Gasteiger partial charge in [0.25, 0.3) is 5.91 Å². The lowest BCUT2D eigenvalue weighted by Crippen LogP contribution is -2.41. The van der Waals surface area contributed by atoms with Gasteiger partial charge in [0.15, 0.2) is 5.84 Å². The fourth-order valence-electron chi connectivity index (χ4n) is 2.81. The van der Waals surface area contributed by atoms with Crippen LogP contribution in [0.5, 0.6) is 0 Å². The maximum Gasteiger partial charge on any atom is 0.338 e. The Hall–Kier alpha value is -2.32. The van der Waals surface area contributed by atoms with Crippen molar-refractivity contribution in [2.75, 3.05) is 13.2 Å². The normalized spacial score (nSPS) is 24.3. The first kappa shape index (κ1) is 18.5. The maximum absolute atomic E-state index is 12.4. The molecule has 3 rings (SSSR count). The van der Waals surface area contributed by atoms with Crippen molar-refractivity contribution >= 4 is 17.7 Å². The SMILES string of the molecule is CC(C)C1(C)N=C(c2nc(C3OCCCCO3)ccc2C(=O)O)NC1=O. The quantitative estimate of drug-likeness (QED) is 0.847. The molecule has 0 spiro atoms. The van der Waals surface area contributed by atoms with E-state index in [1.54, 1.807) is 13.0 Å². The fourth-order valence-corrected chi connectivity index (χ4v) is 2.81. The van der Waals surface area contributed by atoms with Gasteiger partial charge in [-0.3, -0.25) is 4.79 Å². The third-order valence-electron chi connectivity index (χ3n) is 4.85. The number of rotatable bonds is 4. The molecular formula is C18H23N3O5. The Kier molecular flexibility index (Phi) is 5.06. The standard InChI is InChI=1S/C18H23N3O5/c1-10(2)18(3)17(24)20-14(21-18)13-11(15(22)23)6-7-12(19-13)16-25-8-4-5-9-26-16/h6-7,10,16H,4-5,8-9H2,1-3H3,(H,22,23)(H,20,21,24). The Morgan fingerprint density at radius 1 is 1.31 bits per heavy atom. The van der Waals surface area contributed by atoms with E-state index < -0.39 is 17.8 Å². The molecule has 1 aromatic heterocycles. The van der Waals surface area contributed by atoms with E-state index >= 15 is 0 Å². The second kappa shape index (κ2) is 7.13. The summed E-state index contributed by atoms with van der Waals surface area (Å²) in [5, 5.41) is 12.2. The number of pyridine rings is 1. The summed E-state index contributed by atoms with van der Waals surface area (Å²) in [6, 6.07) is 3.01. The molecule has 1 amide bonds. The van der Waals surface area contributed by atoms with Gasteiger partial charge in [-0.25, -0.2) is 14.8 Å². The van der Waals surface area contributed by atoms with Crippen molar-refractivity contribution < 1.29 is 24.2 Å². The van der Waals surface area contributed by atoms with E-state index in [2.05, 4.69) is 15.3 Å². The molecule has 2 aliphatic rings. The second-order valence-corrected chi connectivity index (χ2v) is 6.93. The molecule has 26 heavy (non-hydrogen) atoms. The monoisotopic (exact) mass is 361 g/mol. The molecule has 3 heterocycles. The molecule has 0 aliphatic carbocycles. The smallest absolute Gasteiger partial charge is 0.338 e. The number of amidine groups is 1. The van der Waals surface area contributed by atoms with Crippen LogP contribution in [0.2, 0.25) is 0 Å². The highest BCUT2D eigenvalue weighted by Gasteiger charge is 2.43. The van der Waals surface area contributed by atoms with Crippen LogP contribution in [0.25, 0.3) is 0 Å². The van der Waals surface area contributed by atoms with Crippen LogP contribution in [-0.2, 0) is 14.3 Å². The lowest BCUT2D eigenvalue weighted by molar-refractivity contribution is -0.132. The number of amides is 1. The summed E-state index contributed by atoms with van der Waals surface area (Å²) in [4.78, 5) is 32.9. The molecular weight excluding hydrogens is 338 g/mol. The minimum Gasteiger partial charge on any atom is -0.478 e. The summed E-state index contributed by atoms with van der Waals surface area (Å²) in [6.45, 7) is 6.60. The zero-order valence-corrected chi connectivity index (χ0v) is 15.1. The van der Waals surface area contributed by atoms with E-state index in [-0.39, 0.29) is 28.9 Å². The predicted octanol–water partition coefficient (Wildman–Crippen LogP) is 1.90. The molecule has 0 bridgehead atoms. The Balaban J connectivity index is 2.03. The van der Waals surface area contributed by atoms with Crippen molar-refractivity contribution in [2.24, 2.45) is 10.9 Å². The zero-order chi connectivity index (χ0) is 18.9. The van der Waals surface area contributed by atoms with Crippen molar-refractivity contribution in [1.29, 1.82) is 0 Å². The van der Waals surface area contributed by atoms with Gasteiger partial charge < -0.3 is 19.9 Å². The maximum atomic E-state index is 12.4. The molecule has 0 saturated carbocycles. The fraction of sp³-hybridized carbons (Fsp3) is 0.556. The summed E-state index contributed by atoms with van der Waals surface area (Å²) in [7, 11) is 0. The largest absolute Gasteiger partial charge is 0.478 e. The van der Waals surface area contributed by atoms with Crippen molar-refractivity contribution in [3.05, 3.63) is 29.1 Å². The Bertz CT molecular complexity index is 753. The number of hydrogen-bond acceptors (Lipinski definition) is 6. The third kappa shape index (κ3) is 3.34. The molecule has 1 aromatic rings. The van der Waals surface area contributed by atoms with Gasteiger partial charge >= 0.3 is 5.97 Å². The van der Waals surface area contributed by atoms with E-state index in [0.717, 1.165) is 12.8 Å². The minimum atomic E-state index is -1.14. The predicted molar refractivity (Wildman–Crippen MR) is 93.0 cm³/mol. The van der Waals surface area contributed by atoms with Gasteiger partial charge in [-0.2, -0.15) is 0 Å². The van der Waals surface area contributed by atoms with Crippen LogP contribution in [0.4, 0.5) is 0 Å². The molecule has 1 atom stereocenters. The van der Waals surface area contributed by atoms with E-state index in [1.165, 1.54) is 6.07 Å². The van der Waals surface area contributed by atoms with Gasteiger partial charge in [-0.15, -0.1) is 0 Å². The van der Waals surface area contributed by atoms with E-state index in [4.69, 9.17) is 9.47 Å². The highest BCUT2D eigenvalue weighted by Crippen LogP contribution is 2.28. The molecule has 1 saturated heterocycles. The van der Waals surface area contributed by atoms with Gasteiger partial charge in [0.2, 0.25) is 6.29 Å². The molecule has 8 nitrogen and oxygen atoms in total. The number of aliphatic imine (C=N–C) groups is 1. The van der Waals surface area contributed by atoms with Crippen LogP contribution in [-0.4, -0.2) is 46.6 Å². The van der Waals surface area contributed by atoms with Crippen molar-refractivity contribution in [3.63, 3.8) is 0 Å². The first-order valence-electron chi connectivity index (χ1n) is 8.72. The van der Waals surface area contributed by atoms with Crippen molar-refractivity contribution in [2.45, 2.75) is 45.4 Å². The van der Waals surface area contributed by atoms with Gasteiger partial charge in [0, 0.05) is 0 Å². The van der Waals surface area contributed by atoms with Gasteiger partial charge in [0.1, 0.15) is 11.2 Å². The van der Waals surface area contributed by atoms with Crippen LogP contribution in [0.1, 0.15) is 61.6 Å². The van der Waals surface area contributed by atoms with Crippen molar-refractivity contribution in [3.8, 4) is 0 Å². The first-order chi connectivity index (χ1) is 12.3. The van der Waals surface area contributed by atoms with Gasteiger partial charge in [-0.05, 0) is 37.8 Å². The Morgan fingerprint density at radius 2 is 1.96 bits per heavy atom. The minimum absolute atomic E-state index is 0.0329. The van der Waals surface area contributed by atoms with E-state index in [1.807, 2.05) is 13.8 Å². The number of carbonyl (C=O) groups excluding carboxylic acids is 1. The molecule has 8 heteroatoms. The second-order valence-electron chi connectivity index (χ2n) is 6.93. The number of ether oxygens (including phenoxy) is 2. The lowest BCUT2D eigenvalue weighted by Gasteiger charge is -2.21. The molecule has 2 aliphatic heterocycles. The molecule has 0 radical (unpaired) electrons. The highest BCUT2D eigenvalue weighted by atomic mass is 16.7. The topological polar surface area (TPSA) is 110 Å². The summed E-state index contributed by atoms with van der Waals surface area (Å²) >= 11 is 0. The molecule has 140 valence electrons. The van der Waals surface area contributed by atoms with Crippen LogP contribution >= 0.6 is 0 Å². The van der Waals surface area contributed by atoms with Gasteiger partial charge in [0.05, 0.1) is 24.5 Å². The van der Waals surface area contributed by atoms with E-state index in [0.29, 0.717) is 18.9 Å². The number of carboxylic acid groups (broad SMARTS) is 1. The van der Waals surface area contributed by atoms with Crippen LogP contribution in [0.3, 0.4) is 0 Å². The molecule has 1 fully saturated rings. The lowest BCUT2D eigenvalue weighted by atomic mass is 9.89. The summed E-state index contributed by atoms with van der Waals surface area (Å²) in [6.07, 6.45) is 1.13. The van der Waals surface area contributed by atoms with Crippen LogP contribution in [0.15, 0.2) is 17.1 Å². The summed E-state index contributed by atoms with van der Waals surface area (Å²) in [5.41, 5.74) is -0.418. The Labute approximate surface area is 151 Å². The highest BCUT2D eigenvalue weighted by molar-refractivity contribution is 6.17. The number of carbonyl (C=O) groups is 2. The number of hydrogen-bond donors (Lipinski definition) is 2. The van der Waals surface area contributed by atoms with E-state index in [9.17, 15) is 14.7 Å². The van der Waals surface area contributed by atoms with Crippen molar-refractivity contribution in [1.82, 2.24) is 10.3 Å². The molecule has 0 aromatic carbocycles. The van der Waals surface area contributed by atoms with Crippen LogP contribution < -0.4 is 5.32 Å². The zero-order valence-electron chi connectivity index (χ0n) is 15.1. The number of carboxylic acids is 1. The average Bonchev–Trinajstić information content (AvgIpc) is 2.79. The number of aromatic nitrogens is 1. The summed E-state index contributed by atoms with van der Waals surface area (Å²) < 4.78 is 11.3. The average molecular weight is 361 g/mol. The molecule has 1 unspecified atom stereocenters. The number of nitrogens with one attached hydrogen (secondary N) is 1. The third-order valence-corrected chi connectivity index (χ3v) is 4.85. The van der Waals surface area contributed by atoms with Crippen LogP contribution in [0, 0.1) is 5.92 Å². The first-order valence-corrected chi connectivity index (χ1v) is 8.72. The summed E-state index contributed by atoms with van der Waals surface area (Å²) in [5.74, 6) is -1.30.